The zero-order valence-corrected chi connectivity index (χ0v) is 11.8. The van der Waals surface area contributed by atoms with Gasteiger partial charge in [0.1, 0.15) is 22.3 Å². The van der Waals surface area contributed by atoms with Gasteiger partial charge < -0.3 is 10.5 Å². The van der Waals surface area contributed by atoms with Crippen molar-refractivity contribution in [3.8, 4) is 11.5 Å². The zero-order chi connectivity index (χ0) is 14.0. The quantitative estimate of drug-likeness (QED) is 0.843. The molecule has 0 unspecified atom stereocenters. The number of ether oxygens (including phenoxy) is 1. The smallest absolute Gasteiger partial charge is 0.146 e. The van der Waals surface area contributed by atoms with Gasteiger partial charge in [0, 0.05) is 5.56 Å². The van der Waals surface area contributed by atoms with Gasteiger partial charge in [-0.3, -0.25) is 0 Å². The highest BCUT2D eigenvalue weighted by Crippen LogP contribution is 2.34. The van der Waals surface area contributed by atoms with Gasteiger partial charge in [-0.1, -0.05) is 35.4 Å². The van der Waals surface area contributed by atoms with E-state index in [1.807, 2.05) is 0 Å². The molecule has 2 nitrogen and oxygen atoms in total. The van der Waals surface area contributed by atoms with E-state index in [0.717, 1.165) is 6.07 Å². The van der Waals surface area contributed by atoms with E-state index in [1.54, 1.807) is 18.2 Å². The normalized spacial score (nSPS) is 10.3. The average molecular weight is 316 g/mol. The Balaban J connectivity index is 2.31. The molecule has 0 radical (unpaired) electrons. The van der Waals surface area contributed by atoms with Crippen LogP contribution in [0.15, 0.2) is 36.4 Å². The molecular weight excluding hydrogens is 308 g/mol. The first-order valence-electron chi connectivity index (χ1n) is 5.19. The number of nitrogens with two attached hydrogens (primary N) is 1. The number of thiocarbonyl (C=S) groups is 1. The Kier molecular flexibility index (Phi) is 4.24. The van der Waals surface area contributed by atoms with E-state index in [2.05, 4.69) is 0 Å². The first kappa shape index (κ1) is 14.1. The van der Waals surface area contributed by atoms with Crippen molar-refractivity contribution in [1.29, 1.82) is 0 Å². The fourth-order valence-electron chi connectivity index (χ4n) is 1.41. The number of hydrogen-bond acceptors (Lipinski definition) is 2. The predicted molar refractivity (Wildman–Crippen MR) is 78.8 cm³/mol. The monoisotopic (exact) mass is 315 g/mol. The number of rotatable bonds is 3. The third kappa shape index (κ3) is 3.35. The summed E-state index contributed by atoms with van der Waals surface area (Å²) in [6, 6.07) is 8.73. The molecule has 98 valence electrons. The van der Waals surface area contributed by atoms with Crippen LogP contribution in [0.5, 0.6) is 11.5 Å². The van der Waals surface area contributed by atoms with Crippen LogP contribution < -0.4 is 10.5 Å². The maximum absolute atomic E-state index is 12.9. The molecule has 0 saturated heterocycles. The van der Waals surface area contributed by atoms with Gasteiger partial charge in [-0.25, -0.2) is 4.39 Å². The molecule has 0 aliphatic carbocycles. The van der Waals surface area contributed by atoms with Gasteiger partial charge >= 0.3 is 0 Å². The van der Waals surface area contributed by atoms with E-state index >= 15 is 0 Å². The third-order valence-corrected chi connectivity index (χ3v) is 3.16. The summed E-state index contributed by atoms with van der Waals surface area (Å²) in [4.78, 5) is 0.244. The van der Waals surface area contributed by atoms with Crippen LogP contribution in [0.1, 0.15) is 5.56 Å². The Hall–Kier alpha value is -1.36. The van der Waals surface area contributed by atoms with Crippen LogP contribution in [0.3, 0.4) is 0 Å². The second-order valence-corrected chi connectivity index (χ2v) is 4.94. The molecule has 6 heteroatoms. The average Bonchev–Trinajstić information content (AvgIpc) is 2.34. The molecule has 0 saturated carbocycles. The Morgan fingerprint density at radius 3 is 2.16 bits per heavy atom. The zero-order valence-electron chi connectivity index (χ0n) is 9.49. The van der Waals surface area contributed by atoms with Crippen LogP contribution in [-0.2, 0) is 0 Å². The van der Waals surface area contributed by atoms with Crippen molar-refractivity contribution < 1.29 is 9.13 Å². The highest BCUT2D eigenvalue weighted by atomic mass is 35.5. The SMILES string of the molecule is NC(=S)c1ccc(Oc2ccc(F)cc2Cl)c(Cl)c1. The van der Waals surface area contributed by atoms with Crippen molar-refractivity contribution in [3.63, 3.8) is 0 Å². The first-order chi connectivity index (χ1) is 8.97. The fraction of sp³-hybridized carbons (Fsp3) is 0. The highest BCUT2D eigenvalue weighted by Gasteiger charge is 2.09. The molecule has 0 atom stereocenters. The van der Waals surface area contributed by atoms with Crippen molar-refractivity contribution >= 4 is 40.4 Å². The molecule has 19 heavy (non-hydrogen) atoms. The lowest BCUT2D eigenvalue weighted by Gasteiger charge is -2.10. The highest BCUT2D eigenvalue weighted by molar-refractivity contribution is 7.80. The topological polar surface area (TPSA) is 35.2 Å². The molecule has 0 fully saturated rings. The van der Waals surface area contributed by atoms with E-state index in [-0.39, 0.29) is 10.0 Å². The second kappa shape index (κ2) is 5.74. The van der Waals surface area contributed by atoms with Crippen molar-refractivity contribution in [3.05, 3.63) is 57.8 Å². The summed E-state index contributed by atoms with van der Waals surface area (Å²) >= 11 is 16.8. The van der Waals surface area contributed by atoms with Crippen LogP contribution in [0.25, 0.3) is 0 Å². The fourth-order valence-corrected chi connectivity index (χ4v) is 1.97. The molecule has 0 aliphatic rings. The van der Waals surface area contributed by atoms with E-state index in [9.17, 15) is 4.39 Å². The minimum absolute atomic E-state index is 0.162. The van der Waals surface area contributed by atoms with E-state index < -0.39 is 5.82 Å². The minimum atomic E-state index is -0.438. The summed E-state index contributed by atoms with van der Waals surface area (Å²) in [5.41, 5.74) is 6.13. The Labute approximate surface area is 124 Å². The molecule has 0 aliphatic heterocycles. The lowest BCUT2D eigenvalue weighted by molar-refractivity contribution is 0.481. The molecule has 2 N–H and O–H groups in total. The number of benzene rings is 2. The molecule has 0 amide bonds. The summed E-state index contributed by atoms with van der Waals surface area (Å²) in [5, 5.41) is 0.500. The summed E-state index contributed by atoms with van der Waals surface area (Å²) in [6.07, 6.45) is 0. The predicted octanol–water partition coefficient (Wildman–Crippen LogP) is 4.56. The molecule has 0 aromatic heterocycles. The van der Waals surface area contributed by atoms with Crippen molar-refractivity contribution in [1.82, 2.24) is 0 Å². The maximum Gasteiger partial charge on any atom is 0.146 e. The van der Waals surface area contributed by atoms with Gasteiger partial charge in [0.25, 0.3) is 0 Å². The van der Waals surface area contributed by atoms with E-state index in [4.69, 9.17) is 45.9 Å². The molecule has 0 heterocycles. The van der Waals surface area contributed by atoms with Crippen LogP contribution >= 0.6 is 35.4 Å². The maximum atomic E-state index is 12.9. The minimum Gasteiger partial charge on any atom is -0.454 e. The summed E-state index contributed by atoms with van der Waals surface area (Å²) < 4.78 is 18.4. The molecule has 0 bridgehead atoms. The van der Waals surface area contributed by atoms with Gasteiger partial charge in [-0.2, -0.15) is 0 Å². The molecular formula is C13H8Cl2FNOS. The van der Waals surface area contributed by atoms with Gasteiger partial charge in [-0.05, 0) is 36.4 Å². The third-order valence-electron chi connectivity index (χ3n) is 2.33. The van der Waals surface area contributed by atoms with Gasteiger partial charge in [-0.15, -0.1) is 0 Å². The van der Waals surface area contributed by atoms with Gasteiger partial charge in [0.05, 0.1) is 10.0 Å². The van der Waals surface area contributed by atoms with Crippen molar-refractivity contribution in [2.75, 3.05) is 0 Å². The van der Waals surface area contributed by atoms with E-state index in [1.165, 1.54) is 12.1 Å². The summed E-state index contributed by atoms with van der Waals surface area (Å²) in [7, 11) is 0. The summed E-state index contributed by atoms with van der Waals surface area (Å²) in [5.74, 6) is 0.260. The number of halogens is 3. The van der Waals surface area contributed by atoms with Crippen LogP contribution in [0.2, 0.25) is 10.0 Å². The first-order valence-corrected chi connectivity index (χ1v) is 6.36. The lowest BCUT2D eigenvalue weighted by Crippen LogP contribution is -2.08. The van der Waals surface area contributed by atoms with Crippen LogP contribution in [0.4, 0.5) is 4.39 Å². The lowest BCUT2D eigenvalue weighted by atomic mass is 10.2. The van der Waals surface area contributed by atoms with Gasteiger partial charge in [0.15, 0.2) is 0 Å². The van der Waals surface area contributed by atoms with Crippen molar-refractivity contribution in [2.24, 2.45) is 5.73 Å². The standard InChI is InChI=1S/C13H8Cl2FNOS/c14-9-5-7(13(17)19)1-3-11(9)18-12-4-2-8(16)6-10(12)15/h1-6H,(H2,17,19). The van der Waals surface area contributed by atoms with Crippen molar-refractivity contribution in [2.45, 2.75) is 0 Å². The van der Waals surface area contributed by atoms with E-state index in [0.29, 0.717) is 22.1 Å². The molecule has 2 aromatic rings. The second-order valence-electron chi connectivity index (χ2n) is 3.69. The Morgan fingerprint density at radius 2 is 1.63 bits per heavy atom. The van der Waals surface area contributed by atoms with Crippen LogP contribution in [0, 0.1) is 5.82 Å². The number of hydrogen-bond donors (Lipinski definition) is 1. The summed E-state index contributed by atoms with van der Waals surface area (Å²) in [6.45, 7) is 0. The molecule has 0 spiro atoms. The van der Waals surface area contributed by atoms with Crippen LogP contribution in [-0.4, -0.2) is 4.99 Å². The largest absolute Gasteiger partial charge is 0.454 e. The Bertz CT molecular complexity index is 649. The molecule has 2 aromatic carbocycles. The Morgan fingerprint density at radius 1 is 1.05 bits per heavy atom. The van der Waals surface area contributed by atoms with Gasteiger partial charge in [0.2, 0.25) is 0 Å². The molecule has 2 rings (SSSR count).